The normalized spacial score (nSPS) is 14.6. The van der Waals surface area contributed by atoms with Gasteiger partial charge < -0.3 is 19.7 Å². The number of amides is 1. The quantitative estimate of drug-likeness (QED) is 0.774. The van der Waals surface area contributed by atoms with E-state index in [1.54, 1.807) is 24.3 Å². The molecule has 26 heavy (non-hydrogen) atoms. The Hall–Kier alpha value is -2.86. The molecule has 0 bridgehead atoms. The summed E-state index contributed by atoms with van der Waals surface area (Å²) in [7, 11) is 1.98. The van der Waals surface area contributed by atoms with Gasteiger partial charge in [0.25, 0.3) is 5.91 Å². The summed E-state index contributed by atoms with van der Waals surface area (Å²) in [6, 6.07) is 12.5. The van der Waals surface area contributed by atoms with E-state index in [0.717, 1.165) is 22.0 Å². The van der Waals surface area contributed by atoms with Gasteiger partial charge in [0.05, 0.1) is 7.05 Å². The number of Topliss-reactive ketones (excluding diaryl/α,β-unsaturated/α-hetero) is 1. The van der Waals surface area contributed by atoms with Gasteiger partial charge in [-0.1, -0.05) is 0 Å². The van der Waals surface area contributed by atoms with Gasteiger partial charge in [-0.05, 0) is 56.3 Å². The summed E-state index contributed by atoms with van der Waals surface area (Å²) in [5.74, 6) is 1.44. The lowest BCUT2D eigenvalue weighted by molar-refractivity contribution is -0.907. The van der Waals surface area contributed by atoms with E-state index in [9.17, 15) is 9.59 Å². The molecule has 0 radical (unpaired) electrons. The number of hydrogen-bond donors (Lipinski definition) is 2. The van der Waals surface area contributed by atoms with E-state index in [0.29, 0.717) is 17.8 Å². The van der Waals surface area contributed by atoms with Crippen LogP contribution in [0.3, 0.4) is 0 Å². The number of likely N-dealkylation sites (N-methyl/N-ethyl adjacent to an activating group) is 1. The predicted octanol–water partition coefficient (Wildman–Crippen LogP) is 1.66. The zero-order valence-corrected chi connectivity index (χ0v) is 15.2. The highest BCUT2D eigenvalue weighted by atomic mass is 16.7. The third-order valence-electron chi connectivity index (χ3n) is 4.61. The molecule has 0 spiro atoms. The van der Waals surface area contributed by atoms with E-state index in [1.165, 1.54) is 6.92 Å². The maximum absolute atomic E-state index is 12.5. The lowest BCUT2D eigenvalue weighted by atomic mass is 10.1. The van der Waals surface area contributed by atoms with Crippen LogP contribution in [-0.2, 0) is 11.3 Å². The van der Waals surface area contributed by atoms with Crippen LogP contribution in [0.5, 0.6) is 11.5 Å². The summed E-state index contributed by atoms with van der Waals surface area (Å²) in [5, 5.41) is 2.90. The summed E-state index contributed by atoms with van der Waals surface area (Å²) in [6.45, 7) is 4.35. The first-order valence-electron chi connectivity index (χ1n) is 8.57. The van der Waals surface area contributed by atoms with Crippen LogP contribution in [0.25, 0.3) is 0 Å². The SMILES string of the molecule is CC(=O)c1ccc(NC(=O)[C@@H](C)[NH+](C)Cc2ccc3c(c2)OCO3)cc1. The Balaban J connectivity index is 1.59. The van der Waals surface area contributed by atoms with Gasteiger partial charge in [-0.15, -0.1) is 0 Å². The summed E-state index contributed by atoms with van der Waals surface area (Å²) < 4.78 is 10.7. The number of ether oxygens (including phenoxy) is 2. The number of rotatable bonds is 6. The largest absolute Gasteiger partial charge is 0.454 e. The zero-order valence-electron chi connectivity index (χ0n) is 15.2. The topological polar surface area (TPSA) is 69.1 Å². The summed E-state index contributed by atoms with van der Waals surface area (Å²) >= 11 is 0. The van der Waals surface area contributed by atoms with Crippen molar-refractivity contribution in [1.29, 1.82) is 0 Å². The Kier molecular flexibility index (Phi) is 5.23. The highest BCUT2D eigenvalue weighted by Gasteiger charge is 2.23. The third kappa shape index (κ3) is 4.03. The Morgan fingerprint density at radius 1 is 1.12 bits per heavy atom. The van der Waals surface area contributed by atoms with Crippen molar-refractivity contribution < 1.29 is 24.0 Å². The van der Waals surface area contributed by atoms with Crippen molar-refractivity contribution in [2.24, 2.45) is 0 Å². The Morgan fingerprint density at radius 3 is 2.50 bits per heavy atom. The molecule has 0 saturated heterocycles. The fourth-order valence-electron chi connectivity index (χ4n) is 2.79. The second-order valence-electron chi connectivity index (χ2n) is 6.56. The van der Waals surface area contributed by atoms with Crippen LogP contribution >= 0.6 is 0 Å². The average Bonchev–Trinajstić information content (AvgIpc) is 3.09. The molecule has 6 heteroatoms. The molecule has 2 N–H and O–H groups in total. The number of carbonyl (C=O) groups excluding carboxylic acids is 2. The number of nitrogens with one attached hydrogen (secondary N) is 2. The second kappa shape index (κ2) is 7.58. The van der Waals surface area contributed by atoms with Gasteiger partial charge in [0, 0.05) is 16.8 Å². The molecule has 1 heterocycles. The van der Waals surface area contributed by atoms with Crippen LogP contribution in [0.4, 0.5) is 5.69 Å². The summed E-state index contributed by atoms with van der Waals surface area (Å²) in [4.78, 5) is 24.9. The maximum Gasteiger partial charge on any atom is 0.282 e. The molecule has 1 aliphatic heterocycles. The molecular formula is C20H23N2O4+. The number of benzene rings is 2. The van der Waals surface area contributed by atoms with E-state index in [-0.39, 0.29) is 24.5 Å². The minimum Gasteiger partial charge on any atom is -0.454 e. The van der Waals surface area contributed by atoms with Crippen molar-refractivity contribution in [2.45, 2.75) is 26.4 Å². The third-order valence-corrected chi connectivity index (χ3v) is 4.61. The van der Waals surface area contributed by atoms with E-state index in [2.05, 4.69) is 5.32 Å². The van der Waals surface area contributed by atoms with Crippen molar-refractivity contribution in [3.8, 4) is 11.5 Å². The zero-order chi connectivity index (χ0) is 18.7. The fourth-order valence-corrected chi connectivity index (χ4v) is 2.79. The molecule has 0 saturated carbocycles. The fraction of sp³-hybridized carbons (Fsp3) is 0.300. The maximum atomic E-state index is 12.5. The van der Waals surface area contributed by atoms with Crippen molar-refractivity contribution >= 4 is 17.4 Å². The molecule has 136 valence electrons. The minimum absolute atomic E-state index is 0.00384. The highest BCUT2D eigenvalue weighted by Crippen LogP contribution is 2.32. The molecule has 0 aromatic heterocycles. The van der Waals surface area contributed by atoms with Crippen LogP contribution in [-0.4, -0.2) is 31.6 Å². The lowest BCUT2D eigenvalue weighted by Crippen LogP contribution is -3.12. The second-order valence-corrected chi connectivity index (χ2v) is 6.56. The Morgan fingerprint density at radius 2 is 1.81 bits per heavy atom. The highest BCUT2D eigenvalue weighted by molar-refractivity contribution is 5.96. The molecule has 3 rings (SSSR count). The smallest absolute Gasteiger partial charge is 0.282 e. The molecular weight excluding hydrogens is 332 g/mol. The van der Waals surface area contributed by atoms with Gasteiger partial charge in [0.15, 0.2) is 23.3 Å². The van der Waals surface area contributed by atoms with Gasteiger partial charge >= 0.3 is 0 Å². The monoisotopic (exact) mass is 355 g/mol. The number of quaternary nitrogens is 1. The van der Waals surface area contributed by atoms with Gasteiger partial charge in [-0.3, -0.25) is 9.59 Å². The predicted molar refractivity (Wildman–Crippen MR) is 97.7 cm³/mol. The van der Waals surface area contributed by atoms with Crippen molar-refractivity contribution in [1.82, 2.24) is 0 Å². The Labute approximate surface area is 152 Å². The van der Waals surface area contributed by atoms with E-state index < -0.39 is 0 Å². The number of fused-ring (bicyclic) bond motifs is 1. The van der Waals surface area contributed by atoms with Gasteiger partial charge in [-0.25, -0.2) is 0 Å². The first-order chi connectivity index (χ1) is 12.4. The first kappa shape index (κ1) is 17.9. The molecule has 6 nitrogen and oxygen atoms in total. The average molecular weight is 355 g/mol. The van der Waals surface area contributed by atoms with Crippen LogP contribution in [0.15, 0.2) is 42.5 Å². The van der Waals surface area contributed by atoms with Gasteiger partial charge in [0.2, 0.25) is 6.79 Å². The van der Waals surface area contributed by atoms with E-state index in [4.69, 9.17) is 9.47 Å². The summed E-state index contributed by atoms with van der Waals surface area (Å²) in [6.07, 6.45) is 0. The first-order valence-corrected chi connectivity index (χ1v) is 8.57. The van der Waals surface area contributed by atoms with Crippen molar-refractivity contribution in [3.05, 3.63) is 53.6 Å². The van der Waals surface area contributed by atoms with E-state index >= 15 is 0 Å². The van der Waals surface area contributed by atoms with Crippen LogP contribution in [0.2, 0.25) is 0 Å². The van der Waals surface area contributed by atoms with Gasteiger partial charge in [0.1, 0.15) is 6.54 Å². The molecule has 1 unspecified atom stereocenters. The molecule has 2 atom stereocenters. The van der Waals surface area contributed by atoms with Crippen LogP contribution < -0.4 is 19.7 Å². The van der Waals surface area contributed by atoms with Crippen LogP contribution in [0.1, 0.15) is 29.8 Å². The van der Waals surface area contributed by atoms with E-state index in [1.807, 2.05) is 32.2 Å². The molecule has 1 aliphatic rings. The van der Waals surface area contributed by atoms with Gasteiger partial charge in [-0.2, -0.15) is 0 Å². The molecule has 2 aromatic rings. The molecule has 0 aliphatic carbocycles. The Bertz CT molecular complexity index is 817. The minimum atomic E-state index is -0.243. The molecule has 2 aromatic carbocycles. The van der Waals surface area contributed by atoms with Crippen molar-refractivity contribution in [3.63, 3.8) is 0 Å². The standard InChI is InChI=1S/C20H22N2O4/c1-13(20(24)21-17-7-5-16(6-8-17)14(2)23)22(3)11-15-4-9-18-19(10-15)26-12-25-18/h4-10,13H,11-12H2,1-3H3,(H,21,24)/p+1/t13-/m1/s1. The van der Waals surface area contributed by atoms with Crippen LogP contribution in [0, 0.1) is 0 Å². The lowest BCUT2D eigenvalue weighted by Gasteiger charge is -2.21. The summed E-state index contributed by atoms with van der Waals surface area (Å²) in [5.41, 5.74) is 2.39. The molecule has 0 fully saturated rings. The molecule has 1 amide bonds. The van der Waals surface area contributed by atoms with Crippen molar-refractivity contribution in [2.75, 3.05) is 19.2 Å². The number of carbonyl (C=O) groups is 2. The number of hydrogen-bond acceptors (Lipinski definition) is 4. The number of ketones is 1. The number of anilines is 1.